The number of nitrogens with zero attached hydrogens (tertiary/aromatic N) is 3. The van der Waals surface area contributed by atoms with E-state index in [9.17, 15) is 13.2 Å². The van der Waals surface area contributed by atoms with Gasteiger partial charge >= 0.3 is 6.03 Å². The molecule has 1 saturated heterocycles. The summed E-state index contributed by atoms with van der Waals surface area (Å²) >= 11 is 0. The molecule has 0 unspecified atom stereocenters. The van der Waals surface area contributed by atoms with Crippen LogP contribution in [0.2, 0.25) is 0 Å². The Bertz CT molecular complexity index is 744. The summed E-state index contributed by atoms with van der Waals surface area (Å²) in [6.07, 6.45) is 0. The monoisotopic (exact) mass is 370 g/mol. The minimum Gasteiger partial charge on any atom is -0.454 e. The van der Waals surface area contributed by atoms with Crippen LogP contribution < -0.4 is 14.8 Å². The Morgan fingerprint density at radius 3 is 2.52 bits per heavy atom. The number of urea groups is 1. The van der Waals surface area contributed by atoms with Crippen molar-refractivity contribution in [2.45, 2.75) is 6.54 Å². The first-order chi connectivity index (χ1) is 11.9. The van der Waals surface area contributed by atoms with Crippen molar-refractivity contribution in [2.24, 2.45) is 0 Å². The Labute approximate surface area is 147 Å². The molecule has 2 aliphatic rings. The first-order valence-electron chi connectivity index (χ1n) is 7.97. The average molecular weight is 370 g/mol. The lowest BCUT2D eigenvalue weighted by molar-refractivity contribution is 0.170. The van der Waals surface area contributed by atoms with E-state index in [0.717, 1.165) is 5.56 Å². The quantitative estimate of drug-likeness (QED) is 0.809. The highest BCUT2D eigenvalue weighted by atomic mass is 32.2. The molecule has 0 radical (unpaired) electrons. The fourth-order valence-electron chi connectivity index (χ4n) is 2.69. The van der Waals surface area contributed by atoms with Crippen molar-refractivity contribution in [3.8, 4) is 11.5 Å². The normalized spacial score (nSPS) is 17.8. The van der Waals surface area contributed by atoms with Crippen LogP contribution in [0.5, 0.6) is 11.5 Å². The van der Waals surface area contributed by atoms with Crippen LogP contribution in [0.4, 0.5) is 4.79 Å². The molecule has 25 heavy (non-hydrogen) atoms. The molecule has 0 spiro atoms. The molecule has 0 atom stereocenters. The third-order valence-corrected chi connectivity index (χ3v) is 6.13. The fourth-order valence-corrected chi connectivity index (χ4v) is 3.78. The molecular weight excluding hydrogens is 348 g/mol. The lowest BCUT2D eigenvalue weighted by Gasteiger charge is -2.35. The van der Waals surface area contributed by atoms with Crippen molar-refractivity contribution in [3.63, 3.8) is 0 Å². The summed E-state index contributed by atoms with van der Waals surface area (Å²) in [5.74, 6) is 1.38. The van der Waals surface area contributed by atoms with Gasteiger partial charge in [-0.25, -0.2) is 4.79 Å². The summed E-state index contributed by atoms with van der Waals surface area (Å²) in [5.41, 5.74) is 0.909. The molecule has 9 nitrogen and oxygen atoms in total. The maximum atomic E-state index is 12.3. The molecule has 2 heterocycles. The smallest absolute Gasteiger partial charge is 0.317 e. The molecule has 0 aromatic heterocycles. The van der Waals surface area contributed by atoms with Crippen LogP contribution in [-0.2, 0) is 16.8 Å². The molecule has 2 aliphatic heterocycles. The van der Waals surface area contributed by atoms with Crippen LogP contribution in [-0.4, -0.2) is 75.0 Å². The number of piperazine rings is 1. The predicted molar refractivity (Wildman–Crippen MR) is 90.6 cm³/mol. The van der Waals surface area contributed by atoms with Crippen molar-refractivity contribution < 1.29 is 22.7 Å². The topological polar surface area (TPSA) is 91.4 Å². The molecule has 0 saturated carbocycles. The number of rotatable bonds is 4. The Kier molecular flexibility index (Phi) is 5.02. The second-order valence-corrected chi connectivity index (χ2v) is 8.16. The second kappa shape index (κ2) is 7.06. The van der Waals surface area contributed by atoms with Crippen LogP contribution in [0.25, 0.3) is 0 Å². The van der Waals surface area contributed by atoms with Crippen molar-refractivity contribution in [2.75, 3.05) is 47.1 Å². The van der Waals surface area contributed by atoms with E-state index in [0.29, 0.717) is 31.1 Å². The number of fused-ring (bicyclic) bond motifs is 1. The molecule has 3 rings (SSSR count). The number of hydrogen-bond donors (Lipinski definition) is 1. The molecule has 1 aromatic rings. The van der Waals surface area contributed by atoms with E-state index in [-0.39, 0.29) is 25.9 Å². The van der Waals surface area contributed by atoms with Gasteiger partial charge in [-0.3, -0.25) is 0 Å². The largest absolute Gasteiger partial charge is 0.454 e. The number of benzene rings is 1. The summed E-state index contributed by atoms with van der Waals surface area (Å²) in [6, 6.07) is 5.31. The van der Waals surface area contributed by atoms with Crippen LogP contribution in [0.15, 0.2) is 18.2 Å². The van der Waals surface area contributed by atoms with Gasteiger partial charge in [-0.05, 0) is 17.7 Å². The average Bonchev–Trinajstić information content (AvgIpc) is 3.07. The summed E-state index contributed by atoms with van der Waals surface area (Å²) in [5, 5.41) is 2.85. The van der Waals surface area contributed by atoms with Crippen LogP contribution in [0.3, 0.4) is 0 Å². The molecule has 0 bridgehead atoms. The van der Waals surface area contributed by atoms with Gasteiger partial charge in [-0.2, -0.15) is 17.0 Å². The summed E-state index contributed by atoms with van der Waals surface area (Å²) in [7, 11) is -0.428. The number of ether oxygens (including phenoxy) is 2. The Morgan fingerprint density at radius 2 is 1.84 bits per heavy atom. The fraction of sp³-hybridized carbons (Fsp3) is 0.533. The lowest BCUT2D eigenvalue weighted by atomic mass is 10.2. The van der Waals surface area contributed by atoms with Gasteiger partial charge in [-0.15, -0.1) is 0 Å². The molecule has 1 N–H and O–H groups in total. The van der Waals surface area contributed by atoms with E-state index in [4.69, 9.17) is 9.47 Å². The molecule has 10 heteroatoms. The number of nitrogens with one attached hydrogen (secondary N) is 1. The maximum Gasteiger partial charge on any atom is 0.317 e. The molecule has 2 amide bonds. The second-order valence-electron chi connectivity index (χ2n) is 6.02. The Balaban J connectivity index is 1.50. The van der Waals surface area contributed by atoms with Gasteiger partial charge in [0.2, 0.25) is 6.79 Å². The minimum absolute atomic E-state index is 0.209. The van der Waals surface area contributed by atoms with Gasteiger partial charge in [0.25, 0.3) is 10.2 Å². The zero-order chi connectivity index (χ0) is 18.0. The van der Waals surface area contributed by atoms with Crippen molar-refractivity contribution in [3.05, 3.63) is 23.8 Å². The van der Waals surface area contributed by atoms with E-state index >= 15 is 0 Å². The summed E-state index contributed by atoms with van der Waals surface area (Å²) in [4.78, 5) is 13.9. The zero-order valence-electron chi connectivity index (χ0n) is 14.3. The molecule has 1 aromatic carbocycles. The number of carbonyl (C=O) groups excluding carboxylic acids is 1. The molecule has 138 valence electrons. The third-order valence-electron chi connectivity index (χ3n) is 4.19. The molecule has 1 fully saturated rings. The van der Waals surface area contributed by atoms with Gasteiger partial charge in [0, 0.05) is 46.8 Å². The van der Waals surface area contributed by atoms with Gasteiger partial charge < -0.3 is 19.7 Å². The maximum absolute atomic E-state index is 12.3. The van der Waals surface area contributed by atoms with Crippen LogP contribution in [0, 0.1) is 0 Å². The summed E-state index contributed by atoms with van der Waals surface area (Å²) < 4.78 is 37.3. The Hall–Kier alpha value is -2.04. The van der Waals surface area contributed by atoms with Crippen molar-refractivity contribution in [1.29, 1.82) is 0 Å². The van der Waals surface area contributed by atoms with E-state index < -0.39 is 10.2 Å². The highest BCUT2D eigenvalue weighted by Crippen LogP contribution is 2.32. The molecule has 0 aliphatic carbocycles. The van der Waals surface area contributed by atoms with E-state index in [1.807, 2.05) is 18.2 Å². The van der Waals surface area contributed by atoms with Gasteiger partial charge in [-0.1, -0.05) is 6.07 Å². The van der Waals surface area contributed by atoms with Gasteiger partial charge in [0.1, 0.15) is 0 Å². The predicted octanol–water partition coefficient (Wildman–Crippen LogP) is 0.0489. The van der Waals surface area contributed by atoms with E-state index in [2.05, 4.69) is 5.32 Å². The van der Waals surface area contributed by atoms with Gasteiger partial charge in [0.15, 0.2) is 11.5 Å². The van der Waals surface area contributed by atoms with Crippen LogP contribution in [0.1, 0.15) is 5.56 Å². The number of amides is 2. The zero-order valence-corrected chi connectivity index (χ0v) is 15.1. The minimum atomic E-state index is -3.43. The first kappa shape index (κ1) is 17.8. The van der Waals surface area contributed by atoms with E-state index in [1.165, 1.54) is 22.7 Å². The van der Waals surface area contributed by atoms with Gasteiger partial charge in [0.05, 0.1) is 0 Å². The van der Waals surface area contributed by atoms with Crippen molar-refractivity contribution in [1.82, 2.24) is 18.8 Å². The standard InChI is InChI=1S/C15H22N4O5S/c1-17(2)25(21,22)19-7-5-18(6-8-19)15(20)16-10-12-3-4-13-14(9-12)24-11-23-13/h3-4,9H,5-8,10-11H2,1-2H3,(H,16,20). The first-order valence-corrected chi connectivity index (χ1v) is 9.36. The Morgan fingerprint density at radius 1 is 1.16 bits per heavy atom. The SMILES string of the molecule is CN(C)S(=O)(=O)N1CCN(C(=O)NCc2ccc3c(c2)OCO3)CC1. The van der Waals surface area contributed by atoms with E-state index in [1.54, 1.807) is 4.90 Å². The highest BCUT2D eigenvalue weighted by Gasteiger charge is 2.30. The lowest BCUT2D eigenvalue weighted by Crippen LogP contribution is -2.54. The molecular formula is C15H22N4O5S. The van der Waals surface area contributed by atoms with Crippen LogP contribution >= 0.6 is 0 Å². The number of carbonyl (C=O) groups is 1. The number of hydrogen-bond acceptors (Lipinski definition) is 5. The van der Waals surface area contributed by atoms with Crippen molar-refractivity contribution >= 4 is 16.2 Å². The third kappa shape index (κ3) is 3.80. The summed E-state index contributed by atoms with van der Waals surface area (Å²) in [6.45, 7) is 1.88. The highest BCUT2D eigenvalue weighted by molar-refractivity contribution is 7.86.